The zero-order valence-corrected chi connectivity index (χ0v) is 15.0. The molecule has 0 bridgehead atoms. The zero-order chi connectivity index (χ0) is 17.6. The number of aryl methyl sites for hydroxylation is 1. The first-order chi connectivity index (χ1) is 12.1. The molecular weight excluding hydrogens is 332 g/mol. The fourth-order valence-corrected chi connectivity index (χ4v) is 3.33. The Morgan fingerprint density at radius 3 is 2.64 bits per heavy atom. The van der Waals surface area contributed by atoms with Gasteiger partial charge in [-0.15, -0.1) is 0 Å². The molecule has 0 radical (unpaired) electrons. The van der Waals surface area contributed by atoms with E-state index in [-0.39, 0.29) is 11.9 Å². The number of H-pyrrole nitrogens is 1. The monoisotopic (exact) mass is 352 g/mol. The lowest BCUT2D eigenvalue weighted by atomic mass is 10.0. The Kier molecular flexibility index (Phi) is 5.50. The van der Waals surface area contributed by atoms with Gasteiger partial charge in [-0.25, -0.2) is 4.98 Å². The van der Waals surface area contributed by atoms with Crippen LogP contribution in [0.15, 0.2) is 60.0 Å². The largest absolute Gasteiger partial charge is 0.346 e. The lowest BCUT2D eigenvalue weighted by Crippen LogP contribution is -2.27. The Bertz CT molecular complexity index is 831. The Morgan fingerprint density at radius 2 is 1.96 bits per heavy atom. The van der Waals surface area contributed by atoms with Crippen molar-refractivity contribution in [2.45, 2.75) is 30.8 Å². The van der Waals surface area contributed by atoms with Crippen LogP contribution in [-0.2, 0) is 5.75 Å². The predicted octanol–water partition coefficient (Wildman–Crippen LogP) is 3.90. The van der Waals surface area contributed by atoms with E-state index in [1.807, 2.05) is 49.4 Å². The molecule has 0 saturated carbocycles. The maximum Gasteiger partial charge on any atom is 0.251 e. The molecule has 0 saturated heterocycles. The van der Waals surface area contributed by atoms with Crippen LogP contribution in [0.4, 0.5) is 0 Å². The average Bonchev–Trinajstić information content (AvgIpc) is 3.14. The Balaban J connectivity index is 1.59. The van der Waals surface area contributed by atoms with Gasteiger partial charge < -0.3 is 5.32 Å². The van der Waals surface area contributed by atoms with Crippen molar-refractivity contribution in [1.29, 1.82) is 0 Å². The first-order valence-electron chi connectivity index (χ1n) is 8.07. The first-order valence-corrected chi connectivity index (χ1v) is 9.05. The van der Waals surface area contributed by atoms with Crippen molar-refractivity contribution in [1.82, 2.24) is 20.5 Å². The van der Waals surface area contributed by atoms with Crippen molar-refractivity contribution >= 4 is 17.7 Å². The standard InChI is InChI=1S/C19H20N4OS/c1-13-5-3-4-6-17(13)14(2)22-18(24)16-9-7-15(8-10-16)11-25-19-20-12-21-23-19/h3-10,12,14H,11H2,1-2H3,(H,22,24)(H,20,21,23). The summed E-state index contributed by atoms with van der Waals surface area (Å²) in [5, 5.41) is 10.5. The minimum absolute atomic E-state index is 0.0321. The smallest absolute Gasteiger partial charge is 0.251 e. The number of hydrogen-bond donors (Lipinski definition) is 2. The molecule has 1 unspecified atom stereocenters. The highest BCUT2D eigenvalue weighted by Crippen LogP contribution is 2.20. The quantitative estimate of drug-likeness (QED) is 0.660. The number of nitrogens with one attached hydrogen (secondary N) is 2. The van der Waals surface area contributed by atoms with E-state index in [0.717, 1.165) is 22.0 Å². The molecule has 25 heavy (non-hydrogen) atoms. The van der Waals surface area contributed by atoms with Gasteiger partial charge in [-0.05, 0) is 42.7 Å². The van der Waals surface area contributed by atoms with Crippen LogP contribution in [0.2, 0.25) is 0 Å². The van der Waals surface area contributed by atoms with Crippen molar-refractivity contribution < 1.29 is 4.79 Å². The third-order valence-corrected chi connectivity index (χ3v) is 4.93. The molecule has 2 aromatic carbocycles. The topological polar surface area (TPSA) is 70.7 Å². The molecule has 0 spiro atoms. The summed E-state index contributed by atoms with van der Waals surface area (Å²) >= 11 is 1.57. The Morgan fingerprint density at radius 1 is 1.20 bits per heavy atom. The average molecular weight is 352 g/mol. The highest BCUT2D eigenvalue weighted by atomic mass is 32.2. The Labute approximate surface area is 151 Å². The lowest BCUT2D eigenvalue weighted by Gasteiger charge is -2.16. The number of rotatable bonds is 6. The van der Waals surface area contributed by atoms with E-state index in [0.29, 0.717) is 5.56 Å². The molecule has 128 valence electrons. The molecule has 3 aromatic rings. The van der Waals surface area contributed by atoms with Crippen LogP contribution in [0.5, 0.6) is 0 Å². The van der Waals surface area contributed by atoms with Crippen LogP contribution in [0, 0.1) is 6.92 Å². The summed E-state index contributed by atoms with van der Waals surface area (Å²) in [6.45, 7) is 4.06. The molecule has 1 amide bonds. The maximum atomic E-state index is 12.5. The number of carbonyl (C=O) groups is 1. The number of carbonyl (C=O) groups excluding carboxylic acids is 1. The number of benzene rings is 2. The van der Waals surface area contributed by atoms with Crippen LogP contribution in [-0.4, -0.2) is 21.1 Å². The second-order valence-electron chi connectivity index (χ2n) is 5.83. The van der Waals surface area contributed by atoms with Gasteiger partial charge in [0.05, 0.1) is 6.04 Å². The molecule has 0 aliphatic rings. The van der Waals surface area contributed by atoms with Gasteiger partial charge in [0.15, 0.2) is 5.16 Å². The zero-order valence-electron chi connectivity index (χ0n) is 14.2. The van der Waals surface area contributed by atoms with Gasteiger partial charge in [0.2, 0.25) is 0 Å². The van der Waals surface area contributed by atoms with Crippen LogP contribution in [0.3, 0.4) is 0 Å². The minimum Gasteiger partial charge on any atom is -0.346 e. The first kappa shape index (κ1) is 17.2. The molecule has 2 N–H and O–H groups in total. The van der Waals surface area contributed by atoms with Gasteiger partial charge in [0.25, 0.3) is 5.91 Å². The van der Waals surface area contributed by atoms with Gasteiger partial charge in [-0.3, -0.25) is 9.89 Å². The van der Waals surface area contributed by atoms with E-state index in [4.69, 9.17) is 0 Å². The molecule has 6 heteroatoms. The number of aromatic nitrogens is 3. The van der Waals surface area contributed by atoms with Gasteiger partial charge in [-0.1, -0.05) is 48.2 Å². The third kappa shape index (κ3) is 4.48. The Hall–Kier alpha value is -2.60. The number of amides is 1. The summed E-state index contributed by atoms with van der Waals surface area (Å²) in [6, 6.07) is 15.7. The van der Waals surface area contributed by atoms with Crippen LogP contribution in [0.1, 0.15) is 40.0 Å². The lowest BCUT2D eigenvalue weighted by molar-refractivity contribution is 0.0940. The highest BCUT2D eigenvalue weighted by Gasteiger charge is 2.13. The summed E-state index contributed by atoms with van der Waals surface area (Å²) in [7, 11) is 0. The maximum absolute atomic E-state index is 12.5. The van der Waals surface area contributed by atoms with Crippen LogP contribution in [0.25, 0.3) is 0 Å². The van der Waals surface area contributed by atoms with Gasteiger partial charge in [-0.2, -0.15) is 5.10 Å². The molecule has 5 nitrogen and oxygen atoms in total. The van der Waals surface area contributed by atoms with E-state index < -0.39 is 0 Å². The molecule has 3 rings (SSSR count). The molecule has 1 heterocycles. The van der Waals surface area contributed by atoms with E-state index in [1.165, 1.54) is 11.9 Å². The molecular formula is C19H20N4OS. The van der Waals surface area contributed by atoms with Crippen molar-refractivity contribution in [3.63, 3.8) is 0 Å². The molecule has 0 aliphatic carbocycles. The number of nitrogens with zero attached hydrogens (tertiary/aromatic N) is 2. The van der Waals surface area contributed by atoms with E-state index in [9.17, 15) is 4.79 Å². The summed E-state index contributed by atoms with van der Waals surface area (Å²) in [5.41, 5.74) is 4.10. The van der Waals surface area contributed by atoms with Crippen molar-refractivity contribution in [2.75, 3.05) is 0 Å². The molecule has 1 atom stereocenters. The number of aromatic amines is 1. The van der Waals surface area contributed by atoms with Crippen LogP contribution < -0.4 is 5.32 Å². The molecule has 0 aliphatic heterocycles. The second kappa shape index (κ2) is 7.98. The number of hydrogen-bond acceptors (Lipinski definition) is 4. The molecule has 1 aromatic heterocycles. The van der Waals surface area contributed by atoms with E-state index >= 15 is 0 Å². The summed E-state index contributed by atoms with van der Waals surface area (Å²) < 4.78 is 0. The highest BCUT2D eigenvalue weighted by molar-refractivity contribution is 7.98. The summed E-state index contributed by atoms with van der Waals surface area (Å²) in [4.78, 5) is 16.5. The normalized spacial score (nSPS) is 11.9. The fraction of sp³-hybridized carbons (Fsp3) is 0.211. The van der Waals surface area contributed by atoms with Gasteiger partial charge in [0, 0.05) is 11.3 Å². The van der Waals surface area contributed by atoms with E-state index in [2.05, 4.69) is 33.5 Å². The molecule has 0 fully saturated rings. The summed E-state index contributed by atoms with van der Waals surface area (Å²) in [5.74, 6) is 0.710. The van der Waals surface area contributed by atoms with Gasteiger partial charge in [0.1, 0.15) is 6.33 Å². The fourth-order valence-electron chi connectivity index (χ4n) is 2.60. The summed E-state index contributed by atoms with van der Waals surface area (Å²) in [6.07, 6.45) is 1.49. The number of thioether (sulfide) groups is 1. The van der Waals surface area contributed by atoms with Crippen molar-refractivity contribution in [3.05, 3.63) is 77.1 Å². The third-order valence-electron chi connectivity index (χ3n) is 3.99. The predicted molar refractivity (Wildman–Crippen MR) is 99.4 cm³/mol. The van der Waals surface area contributed by atoms with Crippen LogP contribution >= 0.6 is 11.8 Å². The van der Waals surface area contributed by atoms with Crippen molar-refractivity contribution in [2.24, 2.45) is 0 Å². The van der Waals surface area contributed by atoms with E-state index in [1.54, 1.807) is 11.8 Å². The minimum atomic E-state index is -0.0646. The van der Waals surface area contributed by atoms with Crippen molar-refractivity contribution in [3.8, 4) is 0 Å². The van der Waals surface area contributed by atoms with Gasteiger partial charge >= 0.3 is 0 Å². The SMILES string of the molecule is Cc1ccccc1C(C)NC(=O)c1ccc(CSc2ncn[nH]2)cc1. The second-order valence-corrected chi connectivity index (χ2v) is 6.79.